The zero-order valence-electron chi connectivity index (χ0n) is 10.1. The molecule has 0 unspecified atom stereocenters. The van der Waals surface area contributed by atoms with E-state index in [2.05, 4.69) is 0 Å². The number of hydrogen-bond donors (Lipinski definition) is 1. The van der Waals surface area contributed by atoms with Crippen molar-refractivity contribution in [1.82, 2.24) is 0 Å². The van der Waals surface area contributed by atoms with Gasteiger partial charge in [-0.2, -0.15) is 0 Å². The number of nitrogen functional groups attached to an aromatic ring is 1. The monoisotopic (exact) mass is 263 g/mol. The van der Waals surface area contributed by atoms with Crippen LogP contribution >= 0.6 is 0 Å². The first kappa shape index (κ1) is 13.0. The molecule has 19 heavy (non-hydrogen) atoms. The second-order valence-electron chi connectivity index (χ2n) is 3.88. The first-order chi connectivity index (χ1) is 9.04. The summed E-state index contributed by atoms with van der Waals surface area (Å²) in [6.07, 6.45) is 0. The van der Waals surface area contributed by atoms with Gasteiger partial charge in [-0.05, 0) is 36.4 Å². The summed E-state index contributed by atoms with van der Waals surface area (Å²) in [6.45, 7) is 0. The van der Waals surface area contributed by atoms with Gasteiger partial charge in [0.1, 0.15) is 11.6 Å². The lowest BCUT2D eigenvalue weighted by molar-refractivity contribution is 0.103. The fourth-order valence-electron chi connectivity index (χ4n) is 1.66. The second-order valence-corrected chi connectivity index (χ2v) is 3.88. The van der Waals surface area contributed by atoms with E-state index < -0.39 is 23.0 Å². The topological polar surface area (TPSA) is 52.3 Å². The molecule has 0 radical (unpaired) electrons. The summed E-state index contributed by atoms with van der Waals surface area (Å²) in [5, 5.41) is 0. The van der Waals surface area contributed by atoms with Crippen LogP contribution in [-0.2, 0) is 0 Å². The SMILES string of the molecule is COc1ccc(C(=O)c2c(F)ccc(N)c2F)cc1. The molecule has 5 heteroatoms. The zero-order valence-corrected chi connectivity index (χ0v) is 10.1. The van der Waals surface area contributed by atoms with Crippen LogP contribution in [0, 0.1) is 11.6 Å². The van der Waals surface area contributed by atoms with Gasteiger partial charge < -0.3 is 10.5 Å². The van der Waals surface area contributed by atoms with E-state index >= 15 is 0 Å². The Balaban J connectivity index is 2.46. The predicted octanol–water partition coefficient (Wildman–Crippen LogP) is 2.79. The van der Waals surface area contributed by atoms with Crippen LogP contribution < -0.4 is 10.5 Å². The van der Waals surface area contributed by atoms with Crippen LogP contribution in [0.5, 0.6) is 5.75 Å². The molecule has 0 aromatic heterocycles. The molecule has 0 saturated heterocycles. The maximum Gasteiger partial charge on any atom is 0.199 e. The van der Waals surface area contributed by atoms with Gasteiger partial charge >= 0.3 is 0 Å². The van der Waals surface area contributed by atoms with Crippen LogP contribution in [0.3, 0.4) is 0 Å². The van der Waals surface area contributed by atoms with Gasteiger partial charge in [-0.1, -0.05) is 0 Å². The van der Waals surface area contributed by atoms with Gasteiger partial charge in [-0.3, -0.25) is 4.79 Å². The summed E-state index contributed by atoms with van der Waals surface area (Å²) in [6, 6.07) is 7.99. The largest absolute Gasteiger partial charge is 0.497 e. The molecule has 0 atom stereocenters. The van der Waals surface area contributed by atoms with Crippen molar-refractivity contribution in [1.29, 1.82) is 0 Å². The van der Waals surface area contributed by atoms with E-state index in [0.29, 0.717) is 5.75 Å². The average Bonchev–Trinajstić information content (AvgIpc) is 2.43. The number of benzene rings is 2. The third kappa shape index (κ3) is 2.40. The number of carbonyl (C=O) groups is 1. The van der Waals surface area contributed by atoms with Crippen molar-refractivity contribution in [3.63, 3.8) is 0 Å². The summed E-state index contributed by atoms with van der Waals surface area (Å²) >= 11 is 0. The highest BCUT2D eigenvalue weighted by molar-refractivity contribution is 6.09. The van der Waals surface area contributed by atoms with Crippen LogP contribution in [-0.4, -0.2) is 12.9 Å². The number of halogens is 2. The van der Waals surface area contributed by atoms with Crippen molar-refractivity contribution in [3.05, 3.63) is 59.2 Å². The Morgan fingerprint density at radius 1 is 1.11 bits per heavy atom. The van der Waals surface area contributed by atoms with E-state index in [9.17, 15) is 13.6 Å². The van der Waals surface area contributed by atoms with E-state index in [4.69, 9.17) is 10.5 Å². The number of anilines is 1. The predicted molar refractivity (Wildman–Crippen MR) is 67.2 cm³/mol. The molecule has 0 aliphatic heterocycles. The van der Waals surface area contributed by atoms with Gasteiger partial charge in [0, 0.05) is 5.56 Å². The Kier molecular flexibility index (Phi) is 3.46. The number of ketones is 1. The molecule has 0 aliphatic rings. The first-order valence-corrected chi connectivity index (χ1v) is 5.47. The average molecular weight is 263 g/mol. The van der Waals surface area contributed by atoms with Crippen molar-refractivity contribution in [2.75, 3.05) is 12.8 Å². The molecule has 0 amide bonds. The van der Waals surface area contributed by atoms with Gasteiger partial charge in [0.05, 0.1) is 18.4 Å². The lowest BCUT2D eigenvalue weighted by Crippen LogP contribution is -2.09. The summed E-state index contributed by atoms with van der Waals surface area (Å²) < 4.78 is 32.2. The first-order valence-electron chi connectivity index (χ1n) is 5.47. The number of hydrogen-bond acceptors (Lipinski definition) is 3. The minimum absolute atomic E-state index is 0.157. The van der Waals surface area contributed by atoms with E-state index in [0.717, 1.165) is 12.1 Å². The van der Waals surface area contributed by atoms with E-state index in [-0.39, 0.29) is 11.3 Å². The highest BCUT2D eigenvalue weighted by Crippen LogP contribution is 2.22. The minimum atomic E-state index is -1.04. The van der Waals surface area contributed by atoms with Gasteiger partial charge in [0.2, 0.25) is 0 Å². The van der Waals surface area contributed by atoms with Crippen molar-refractivity contribution < 1.29 is 18.3 Å². The van der Waals surface area contributed by atoms with Gasteiger partial charge in [0.25, 0.3) is 0 Å². The third-order valence-electron chi connectivity index (χ3n) is 2.70. The van der Waals surface area contributed by atoms with Crippen LogP contribution in [0.15, 0.2) is 36.4 Å². The van der Waals surface area contributed by atoms with Gasteiger partial charge in [-0.25, -0.2) is 8.78 Å². The molecule has 2 N–H and O–H groups in total. The van der Waals surface area contributed by atoms with Crippen molar-refractivity contribution in [2.24, 2.45) is 0 Å². The van der Waals surface area contributed by atoms with Crippen molar-refractivity contribution in [2.45, 2.75) is 0 Å². The number of ether oxygens (including phenoxy) is 1. The highest BCUT2D eigenvalue weighted by atomic mass is 19.1. The third-order valence-corrected chi connectivity index (χ3v) is 2.70. The molecular formula is C14H11F2NO2. The van der Waals surface area contributed by atoms with Crippen LogP contribution in [0.2, 0.25) is 0 Å². The maximum atomic E-state index is 13.7. The van der Waals surface area contributed by atoms with Gasteiger partial charge in [0.15, 0.2) is 11.6 Å². The molecule has 0 heterocycles. The Morgan fingerprint density at radius 3 is 2.32 bits per heavy atom. The number of methoxy groups -OCH3 is 1. The summed E-state index contributed by atoms with van der Waals surface area (Å²) in [7, 11) is 1.48. The van der Waals surface area contributed by atoms with Crippen molar-refractivity contribution in [3.8, 4) is 5.75 Å². The molecule has 2 aromatic carbocycles. The molecule has 0 fully saturated rings. The van der Waals surface area contributed by atoms with Crippen LogP contribution in [0.25, 0.3) is 0 Å². The Bertz CT molecular complexity index is 624. The van der Waals surface area contributed by atoms with Crippen LogP contribution in [0.1, 0.15) is 15.9 Å². The number of rotatable bonds is 3. The fourth-order valence-corrected chi connectivity index (χ4v) is 1.66. The zero-order chi connectivity index (χ0) is 14.0. The standard InChI is InChI=1S/C14H11F2NO2/c1-19-9-4-2-8(3-5-9)14(18)12-10(15)6-7-11(17)13(12)16/h2-7H,17H2,1H3. The molecule has 2 aromatic rings. The molecule has 3 nitrogen and oxygen atoms in total. The maximum absolute atomic E-state index is 13.7. The smallest absolute Gasteiger partial charge is 0.199 e. The number of carbonyl (C=O) groups excluding carboxylic acids is 1. The Labute approximate surface area is 108 Å². The molecule has 2 rings (SSSR count). The van der Waals surface area contributed by atoms with Crippen molar-refractivity contribution >= 4 is 11.5 Å². The molecule has 0 spiro atoms. The van der Waals surface area contributed by atoms with E-state index in [1.54, 1.807) is 0 Å². The normalized spacial score (nSPS) is 10.3. The molecule has 98 valence electrons. The molecule has 0 saturated carbocycles. The summed E-state index contributed by atoms with van der Waals surface area (Å²) in [5.41, 5.74) is 4.58. The molecular weight excluding hydrogens is 252 g/mol. The minimum Gasteiger partial charge on any atom is -0.497 e. The number of nitrogens with two attached hydrogens (primary N) is 1. The van der Waals surface area contributed by atoms with Crippen LogP contribution in [0.4, 0.5) is 14.5 Å². The quantitative estimate of drug-likeness (QED) is 0.684. The second kappa shape index (κ2) is 5.06. The fraction of sp³-hybridized carbons (Fsp3) is 0.0714. The highest BCUT2D eigenvalue weighted by Gasteiger charge is 2.20. The summed E-state index contributed by atoms with van der Waals surface area (Å²) in [5.74, 6) is -2.19. The summed E-state index contributed by atoms with van der Waals surface area (Å²) in [4.78, 5) is 12.1. The Morgan fingerprint density at radius 2 is 1.74 bits per heavy atom. The molecule has 0 aliphatic carbocycles. The molecule has 0 bridgehead atoms. The van der Waals surface area contributed by atoms with Gasteiger partial charge in [-0.15, -0.1) is 0 Å². The van der Waals surface area contributed by atoms with E-state index in [1.165, 1.54) is 31.4 Å². The van der Waals surface area contributed by atoms with E-state index in [1.807, 2.05) is 0 Å². The Hall–Kier alpha value is -2.43. The lowest BCUT2D eigenvalue weighted by Gasteiger charge is -2.07. The lowest BCUT2D eigenvalue weighted by atomic mass is 10.0.